The van der Waals surface area contributed by atoms with E-state index in [1.165, 1.54) is 4.90 Å². The molecule has 5 nitrogen and oxygen atoms in total. The molecule has 19 heavy (non-hydrogen) atoms. The minimum absolute atomic E-state index is 0.0652. The number of carboxylic acid groups (broad SMARTS) is 1. The van der Waals surface area contributed by atoms with Crippen LogP contribution in [0.5, 0.6) is 0 Å². The van der Waals surface area contributed by atoms with Crippen LogP contribution in [0.15, 0.2) is 10.5 Å². The number of aliphatic carboxylic acids is 1. The van der Waals surface area contributed by atoms with Gasteiger partial charge in [-0.2, -0.15) is 0 Å². The molecule has 106 valence electrons. The highest BCUT2D eigenvalue weighted by atomic mass is 16.4. The molecule has 1 rings (SSSR count). The molecule has 0 spiro atoms. The molecule has 0 unspecified atom stereocenters. The lowest BCUT2D eigenvalue weighted by Gasteiger charge is -2.25. The number of hydrogen-bond donors (Lipinski definition) is 1. The summed E-state index contributed by atoms with van der Waals surface area (Å²) in [5, 5.41) is 8.73. The van der Waals surface area contributed by atoms with Crippen molar-refractivity contribution in [1.29, 1.82) is 0 Å². The molecule has 0 atom stereocenters. The molecule has 0 saturated carbocycles. The molecule has 0 bridgehead atoms. The van der Waals surface area contributed by atoms with Crippen molar-refractivity contribution in [2.24, 2.45) is 0 Å². The summed E-state index contributed by atoms with van der Waals surface area (Å²) < 4.78 is 5.52. The molecule has 5 heteroatoms. The Morgan fingerprint density at radius 1 is 1.42 bits per heavy atom. The van der Waals surface area contributed by atoms with Crippen LogP contribution in [-0.4, -0.2) is 34.5 Å². The molecule has 1 heterocycles. The van der Waals surface area contributed by atoms with Crippen molar-refractivity contribution in [3.05, 3.63) is 23.2 Å². The summed E-state index contributed by atoms with van der Waals surface area (Å²) in [7, 11) is 0. The molecule has 0 radical (unpaired) electrons. The van der Waals surface area contributed by atoms with Crippen LogP contribution in [0, 0.1) is 6.92 Å². The predicted molar refractivity (Wildman–Crippen MR) is 71.2 cm³/mol. The summed E-state index contributed by atoms with van der Waals surface area (Å²) in [5.41, 5.74) is 0.794. The third-order valence-corrected chi connectivity index (χ3v) is 2.96. The van der Waals surface area contributed by atoms with Crippen molar-refractivity contribution >= 4 is 11.9 Å². The number of aryl methyl sites for hydroxylation is 2. The predicted octanol–water partition coefficient (Wildman–Crippen LogP) is 2.48. The highest BCUT2D eigenvalue weighted by molar-refractivity contribution is 5.93. The van der Waals surface area contributed by atoms with Crippen LogP contribution in [-0.2, 0) is 11.2 Å². The summed E-state index contributed by atoms with van der Waals surface area (Å²) in [4.78, 5) is 24.6. The monoisotopic (exact) mass is 267 g/mol. The van der Waals surface area contributed by atoms with Crippen molar-refractivity contribution in [3.8, 4) is 0 Å². The number of rotatable bonds is 6. The summed E-state index contributed by atoms with van der Waals surface area (Å²) in [6.07, 6.45) is 0.662. The zero-order valence-electron chi connectivity index (χ0n) is 11.9. The number of carbonyl (C=O) groups is 2. The highest BCUT2D eigenvalue weighted by Crippen LogP contribution is 2.18. The maximum absolute atomic E-state index is 12.4. The van der Waals surface area contributed by atoms with Crippen molar-refractivity contribution in [3.63, 3.8) is 0 Å². The van der Waals surface area contributed by atoms with E-state index in [0.29, 0.717) is 5.76 Å². The average molecular weight is 267 g/mol. The third kappa shape index (κ3) is 3.84. The van der Waals surface area contributed by atoms with Gasteiger partial charge in [0.2, 0.25) is 0 Å². The van der Waals surface area contributed by atoms with E-state index in [1.54, 1.807) is 0 Å². The van der Waals surface area contributed by atoms with Crippen LogP contribution in [0.1, 0.15) is 49.1 Å². The standard InChI is InChI=1S/C14H21NO4/c1-5-11-8-10(4)13(19-11)14(18)15(9(2)3)7-6-12(16)17/h8-9H,5-7H2,1-4H3,(H,16,17). The fourth-order valence-corrected chi connectivity index (χ4v) is 1.88. The summed E-state index contributed by atoms with van der Waals surface area (Å²) in [6, 6.07) is 1.78. The highest BCUT2D eigenvalue weighted by Gasteiger charge is 2.24. The van der Waals surface area contributed by atoms with Gasteiger partial charge in [-0.1, -0.05) is 6.92 Å². The fraction of sp³-hybridized carbons (Fsp3) is 0.571. The van der Waals surface area contributed by atoms with Gasteiger partial charge in [0.15, 0.2) is 5.76 Å². The zero-order valence-corrected chi connectivity index (χ0v) is 11.9. The largest absolute Gasteiger partial charge is 0.481 e. The van der Waals surface area contributed by atoms with Crippen LogP contribution in [0.2, 0.25) is 0 Å². The molecule has 1 N–H and O–H groups in total. The Labute approximate surface area is 113 Å². The second kappa shape index (κ2) is 6.41. The van der Waals surface area contributed by atoms with E-state index in [9.17, 15) is 9.59 Å². The molecule has 0 aliphatic heterocycles. The van der Waals surface area contributed by atoms with Crippen LogP contribution in [0.25, 0.3) is 0 Å². The molecule has 1 aromatic rings. The maximum Gasteiger partial charge on any atom is 0.305 e. The van der Waals surface area contributed by atoms with Gasteiger partial charge in [0.1, 0.15) is 5.76 Å². The molecule has 0 aliphatic carbocycles. The molecular formula is C14H21NO4. The zero-order chi connectivity index (χ0) is 14.6. The third-order valence-electron chi connectivity index (χ3n) is 2.96. The lowest BCUT2D eigenvalue weighted by atomic mass is 10.2. The van der Waals surface area contributed by atoms with E-state index in [2.05, 4.69) is 0 Å². The van der Waals surface area contributed by atoms with Gasteiger partial charge in [0.25, 0.3) is 5.91 Å². The minimum Gasteiger partial charge on any atom is -0.481 e. The molecular weight excluding hydrogens is 246 g/mol. The second-order valence-corrected chi connectivity index (χ2v) is 4.81. The smallest absolute Gasteiger partial charge is 0.305 e. The van der Waals surface area contributed by atoms with E-state index < -0.39 is 5.97 Å². The Hall–Kier alpha value is -1.78. The number of nitrogens with zero attached hydrogens (tertiary/aromatic N) is 1. The van der Waals surface area contributed by atoms with Crippen molar-refractivity contribution in [2.45, 2.75) is 46.6 Å². The molecule has 0 saturated heterocycles. The van der Waals surface area contributed by atoms with Crippen molar-refractivity contribution in [1.82, 2.24) is 4.90 Å². The normalized spacial score (nSPS) is 10.8. The van der Waals surface area contributed by atoms with E-state index in [-0.39, 0.29) is 24.9 Å². The van der Waals surface area contributed by atoms with Gasteiger partial charge in [-0.15, -0.1) is 0 Å². The molecule has 0 aliphatic rings. The van der Waals surface area contributed by atoms with Gasteiger partial charge < -0.3 is 14.4 Å². The lowest BCUT2D eigenvalue weighted by molar-refractivity contribution is -0.137. The van der Waals surface area contributed by atoms with Gasteiger partial charge in [0.05, 0.1) is 6.42 Å². The first-order valence-electron chi connectivity index (χ1n) is 6.48. The second-order valence-electron chi connectivity index (χ2n) is 4.81. The molecule has 0 fully saturated rings. The summed E-state index contributed by atoms with van der Waals surface area (Å²) >= 11 is 0. The SMILES string of the molecule is CCc1cc(C)c(C(=O)N(CCC(=O)O)C(C)C)o1. The average Bonchev–Trinajstić information content (AvgIpc) is 2.69. The van der Waals surface area contributed by atoms with Crippen LogP contribution in [0.4, 0.5) is 0 Å². The molecule has 0 aromatic carbocycles. The number of amides is 1. The van der Waals surface area contributed by atoms with Crippen LogP contribution >= 0.6 is 0 Å². The first-order valence-corrected chi connectivity index (χ1v) is 6.48. The van der Waals surface area contributed by atoms with E-state index in [1.807, 2.05) is 33.8 Å². The summed E-state index contributed by atoms with van der Waals surface area (Å²) in [5.74, 6) is -0.0731. The van der Waals surface area contributed by atoms with Gasteiger partial charge in [-0.05, 0) is 26.8 Å². The van der Waals surface area contributed by atoms with Gasteiger partial charge in [-0.3, -0.25) is 9.59 Å². The Balaban J connectivity index is 2.92. The molecule has 1 aromatic heterocycles. The van der Waals surface area contributed by atoms with Gasteiger partial charge in [0, 0.05) is 24.6 Å². The number of furan rings is 1. The van der Waals surface area contributed by atoms with E-state index >= 15 is 0 Å². The first kappa shape index (κ1) is 15.3. The Bertz CT molecular complexity index is 462. The molecule has 1 amide bonds. The van der Waals surface area contributed by atoms with E-state index in [0.717, 1.165) is 17.7 Å². The quantitative estimate of drug-likeness (QED) is 0.859. The topological polar surface area (TPSA) is 70.8 Å². The Morgan fingerprint density at radius 2 is 2.05 bits per heavy atom. The minimum atomic E-state index is -0.913. The van der Waals surface area contributed by atoms with Crippen molar-refractivity contribution < 1.29 is 19.1 Å². The summed E-state index contributed by atoms with van der Waals surface area (Å²) in [6.45, 7) is 7.69. The van der Waals surface area contributed by atoms with Gasteiger partial charge in [-0.25, -0.2) is 0 Å². The van der Waals surface area contributed by atoms with Crippen molar-refractivity contribution in [2.75, 3.05) is 6.54 Å². The fourth-order valence-electron chi connectivity index (χ4n) is 1.88. The van der Waals surface area contributed by atoms with Crippen LogP contribution < -0.4 is 0 Å². The Kier molecular flexibility index (Phi) is 5.15. The lowest BCUT2D eigenvalue weighted by Crippen LogP contribution is -2.38. The Morgan fingerprint density at radius 3 is 2.47 bits per heavy atom. The van der Waals surface area contributed by atoms with Gasteiger partial charge >= 0.3 is 5.97 Å². The maximum atomic E-state index is 12.4. The first-order chi connectivity index (χ1) is 8.86. The van der Waals surface area contributed by atoms with E-state index in [4.69, 9.17) is 9.52 Å². The number of hydrogen-bond acceptors (Lipinski definition) is 3. The number of carbonyl (C=O) groups excluding carboxylic acids is 1. The number of carboxylic acids is 1. The van der Waals surface area contributed by atoms with Crippen LogP contribution in [0.3, 0.4) is 0 Å².